The van der Waals surface area contributed by atoms with Crippen LogP contribution in [-0.2, 0) is 20.1 Å². The molecule has 0 radical (unpaired) electrons. The highest BCUT2D eigenvalue weighted by Crippen LogP contribution is 2.38. The van der Waals surface area contributed by atoms with Crippen molar-refractivity contribution in [3.05, 3.63) is 46.8 Å². The topological polar surface area (TPSA) is 67.6 Å². The van der Waals surface area contributed by atoms with E-state index < -0.39 is 5.97 Å². The normalized spacial score (nSPS) is 18.1. The Morgan fingerprint density at radius 1 is 1.40 bits per heavy atom. The van der Waals surface area contributed by atoms with Gasteiger partial charge in [-0.05, 0) is 36.5 Å². The van der Waals surface area contributed by atoms with E-state index in [9.17, 15) is 9.90 Å². The Morgan fingerprint density at radius 2 is 2.24 bits per heavy atom. The Hall–Kier alpha value is -2.34. The summed E-state index contributed by atoms with van der Waals surface area (Å²) >= 11 is 0. The summed E-state index contributed by atoms with van der Waals surface area (Å²) in [6.45, 7) is 2.67. The molecule has 0 amide bonds. The Balaban J connectivity index is 1.60. The van der Waals surface area contributed by atoms with E-state index in [0.717, 1.165) is 18.7 Å². The fourth-order valence-corrected chi connectivity index (χ4v) is 3.73. The van der Waals surface area contributed by atoms with Crippen molar-refractivity contribution in [1.82, 2.24) is 14.7 Å². The minimum atomic E-state index is -0.905. The Bertz CT molecular complexity index is 795. The lowest BCUT2D eigenvalue weighted by Crippen LogP contribution is -2.28. The van der Waals surface area contributed by atoms with E-state index in [1.165, 1.54) is 30.5 Å². The quantitative estimate of drug-likeness (QED) is 0.926. The van der Waals surface area contributed by atoms with Crippen molar-refractivity contribution in [2.24, 2.45) is 7.05 Å². The fourth-order valence-electron chi connectivity index (χ4n) is 3.73. The van der Waals surface area contributed by atoms with Crippen molar-refractivity contribution >= 4 is 5.97 Å². The highest BCUT2D eigenvalue weighted by atomic mass is 16.5. The average Bonchev–Trinajstić information content (AvgIpc) is 2.77. The fraction of sp³-hybridized carbons (Fsp3) is 0.474. The number of benzene rings is 1. The van der Waals surface area contributed by atoms with Crippen molar-refractivity contribution in [2.45, 2.75) is 38.3 Å². The van der Waals surface area contributed by atoms with Gasteiger partial charge < -0.3 is 9.84 Å². The highest BCUT2D eigenvalue weighted by molar-refractivity contribution is 5.90. The molecule has 6 heteroatoms. The van der Waals surface area contributed by atoms with E-state index in [-0.39, 0.29) is 0 Å². The first-order valence-electron chi connectivity index (χ1n) is 8.84. The van der Waals surface area contributed by atoms with Crippen LogP contribution in [0.15, 0.2) is 24.4 Å². The summed E-state index contributed by atoms with van der Waals surface area (Å²) in [6, 6.07) is 5.25. The molecule has 25 heavy (non-hydrogen) atoms. The minimum Gasteiger partial charge on any atom is -0.492 e. The molecule has 4 rings (SSSR count). The molecule has 1 saturated carbocycles. The van der Waals surface area contributed by atoms with Crippen molar-refractivity contribution in [3.63, 3.8) is 0 Å². The molecule has 0 bridgehead atoms. The molecular formula is C19H23N3O3. The first kappa shape index (κ1) is 16.1. The molecule has 0 unspecified atom stereocenters. The molecule has 1 aromatic carbocycles. The van der Waals surface area contributed by atoms with Gasteiger partial charge in [0.1, 0.15) is 12.4 Å². The summed E-state index contributed by atoms with van der Waals surface area (Å²) in [6.07, 6.45) is 5.79. The van der Waals surface area contributed by atoms with E-state index in [1.54, 1.807) is 12.1 Å². The minimum absolute atomic E-state index is 0.327. The van der Waals surface area contributed by atoms with Gasteiger partial charge in [0.2, 0.25) is 0 Å². The number of ether oxygens (including phenoxy) is 1. The summed E-state index contributed by atoms with van der Waals surface area (Å²) in [7, 11) is 1.99. The van der Waals surface area contributed by atoms with Gasteiger partial charge in [0.05, 0.1) is 17.5 Å². The van der Waals surface area contributed by atoms with E-state index in [0.29, 0.717) is 30.4 Å². The lowest BCUT2D eigenvalue weighted by molar-refractivity contribution is 0.0694. The van der Waals surface area contributed by atoms with Gasteiger partial charge in [-0.25, -0.2) is 4.79 Å². The van der Waals surface area contributed by atoms with Crippen molar-refractivity contribution < 1.29 is 14.6 Å². The molecule has 1 N–H and O–H groups in total. The number of aromatic nitrogens is 2. The van der Waals surface area contributed by atoms with Gasteiger partial charge in [0.25, 0.3) is 0 Å². The maximum atomic E-state index is 11.6. The van der Waals surface area contributed by atoms with Crippen LogP contribution in [0.1, 0.15) is 52.4 Å². The highest BCUT2D eigenvalue weighted by Gasteiger charge is 2.27. The molecule has 1 aliphatic carbocycles. The smallest absolute Gasteiger partial charge is 0.336 e. The lowest BCUT2D eigenvalue weighted by atomic mass is 9.80. The standard InChI is InChI=1S/C19H23N3O3/c1-21-17(15(10-20-21)13-4-2-5-13)12-22-8-9-25-18-7-3-6-14(19(23)24)16(18)11-22/h3,6-7,10,13H,2,4-5,8-9,11-12H2,1H3,(H,23,24). The monoisotopic (exact) mass is 341 g/mol. The summed E-state index contributed by atoms with van der Waals surface area (Å²) < 4.78 is 7.76. The van der Waals surface area contributed by atoms with E-state index in [4.69, 9.17) is 4.74 Å². The van der Waals surface area contributed by atoms with Crippen LogP contribution in [0.2, 0.25) is 0 Å². The van der Waals surface area contributed by atoms with E-state index in [2.05, 4.69) is 10.00 Å². The second-order valence-electron chi connectivity index (χ2n) is 6.94. The number of fused-ring (bicyclic) bond motifs is 1. The van der Waals surface area contributed by atoms with Crippen LogP contribution in [0.3, 0.4) is 0 Å². The summed E-state index contributed by atoms with van der Waals surface area (Å²) in [5, 5.41) is 14.0. The number of carboxylic acids is 1. The number of rotatable bonds is 4. The van der Waals surface area contributed by atoms with E-state index >= 15 is 0 Å². The van der Waals surface area contributed by atoms with E-state index in [1.807, 2.05) is 24.0 Å². The predicted octanol–water partition coefficient (Wildman–Crippen LogP) is 2.78. The molecule has 0 saturated heterocycles. The number of aryl methyl sites for hydroxylation is 1. The van der Waals surface area contributed by atoms with Crippen LogP contribution in [0.5, 0.6) is 5.75 Å². The molecule has 2 aliphatic rings. The van der Waals surface area contributed by atoms with Crippen LogP contribution >= 0.6 is 0 Å². The van der Waals surface area contributed by atoms with Crippen LogP contribution in [0.4, 0.5) is 0 Å². The van der Waals surface area contributed by atoms with Crippen molar-refractivity contribution in [3.8, 4) is 5.75 Å². The largest absolute Gasteiger partial charge is 0.492 e. The lowest BCUT2D eigenvalue weighted by Gasteiger charge is -2.27. The number of hydrogen-bond donors (Lipinski definition) is 1. The Kier molecular flexibility index (Phi) is 4.21. The molecule has 2 heterocycles. The molecule has 2 aromatic rings. The van der Waals surface area contributed by atoms with Crippen LogP contribution in [-0.4, -0.2) is 38.9 Å². The third-order valence-electron chi connectivity index (χ3n) is 5.42. The summed E-state index contributed by atoms with van der Waals surface area (Å²) in [4.78, 5) is 13.8. The van der Waals surface area contributed by atoms with Crippen LogP contribution in [0.25, 0.3) is 0 Å². The molecule has 1 fully saturated rings. The molecule has 0 atom stereocenters. The van der Waals surface area contributed by atoms with Gasteiger partial charge in [0, 0.05) is 32.2 Å². The van der Waals surface area contributed by atoms with Gasteiger partial charge in [-0.2, -0.15) is 5.10 Å². The summed E-state index contributed by atoms with van der Waals surface area (Å²) in [5.74, 6) is 0.415. The summed E-state index contributed by atoms with van der Waals surface area (Å²) in [5.41, 5.74) is 3.68. The predicted molar refractivity (Wildman–Crippen MR) is 92.8 cm³/mol. The third kappa shape index (κ3) is 3.02. The van der Waals surface area contributed by atoms with Gasteiger partial charge in [-0.3, -0.25) is 9.58 Å². The second-order valence-corrected chi connectivity index (χ2v) is 6.94. The van der Waals surface area contributed by atoms with Crippen molar-refractivity contribution in [2.75, 3.05) is 13.2 Å². The molecule has 1 aromatic heterocycles. The molecule has 1 aliphatic heterocycles. The molecule has 6 nitrogen and oxygen atoms in total. The number of carboxylic acid groups (broad SMARTS) is 1. The third-order valence-corrected chi connectivity index (χ3v) is 5.42. The SMILES string of the molecule is Cn1ncc(C2CCC2)c1CN1CCOc2cccc(C(=O)O)c2C1. The maximum absolute atomic E-state index is 11.6. The number of nitrogens with zero attached hydrogens (tertiary/aromatic N) is 3. The van der Waals surface area contributed by atoms with Gasteiger partial charge in [-0.15, -0.1) is 0 Å². The van der Waals surface area contributed by atoms with Crippen LogP contribution in [0, 0.1) is 0 Å². The zero-order valence-electron chi connectivity index (χ0n) is 14.4. The molecular weight excluding hydrogens is 318 g/mol. The average molecular weight is 341 g/mol. The Labute approximate surface area is 147 Å². The number of aromatic carboxylic acids is 1. The number of carbonyl (C=O) groups is 1. The second kappa shape index (κ2) is 6.52. The van der Waals surface area contributed by atoms with Gasteiger partial charge in [0.15, 0.2) is 0 Å². The van der Waals surface area contributed by atoms with Gasteiger partial charge >= 0.3 is 5.97 Å². The van der Waals surface area contributed by atoms with Gasteiger partial charge in [-0.1, -0.05) is 12.5 Å². The number of hydrogen-bond acceptors (Lipinski definition) is 4. The maximum Gasteiger partial charge on any atom is 0.336 e. The molecule has 132 valence electrons. The first-order chi connectivity index (χ1) is 12.1. The van der Waals surface area contributed by atoms with Crippen molar-refractivity contribution in [1.29, 1.82) is 0 Å². The Morgan fingerprint density at radius 3 is 2.96 bits per heavy atom. The molecule has 0 spiro atoms. The van der Waals surface area contributed by atoms with Crippen LogP contribution < -0.4 is 4.74 Å². The zero-order valence-corrected chi connectivity index (χ0v) is 14.4. The zero-order chi connectivity index (χ0) is 17.4. The first-order valence-corrected chi connectivity index (χ1v) is 8.84.